The van der Waals surface area contributed by atoms with Crippen molar-refractivity contribution in [3.63, 3.8) is 0 Å². The maximum absolute atomic E-state index is 13.3. The zero-order valence-electron chi connectivity index (χ0n) is 18.0. The summed E-state index contributed by atoms with van der Waals surface area (Å²) < 4.78 is 0. The smallest absolute Gasteiger partial charge is 0.243 e. The fourth-order valence-corrected chi connectivity index (χ4v) is 3.82. The van der Waals surface area contributed by atoms with Gasteiger partial charge < -0.3 is 10.2 Å². The predicted molar refractivity (Wildman–Crippen MR) is 124 cm³/mol. The Hall–Kier alpha value is -2.04. The van der Waals surface area contributed by atoms with Gasteiger partial charge in [0.2, 0.25) is 11.8 Å². The van der Waals surface area contributed by atoms with Gasteiger partial charge in [-0.05, 0) is 51.3 Å². The van der Waals surface area contributed by atoms with Gasteiger partial charge in [-0.25, -0.2) is 0 Å². The minimum absolute atomic E-state index is 0.0139. The third-order valence-corrected chi connectivity index (χ3v) is 5.66. The monoisotopic (exact) mass is 448 g/mol. The molecule has 0 fully saturated rings. The van der Waals surface area contributed by atoms with Crippen LogP contribution in [0.2, 0.25) is 10.0 Å². The summed E-state index contributed by atoms with van der Waals surface area (Å²) in [6.45, 7) is 7.93. The number of hydrogen-bond acceptors (Lipinski definition) is 2. The van der Waals surface area contributed by atoms with E-state index in [4.69, 9.17) is 23.2 Å². The first-order valence-electron chi connectivity index (χ1n) is 10.3. The molecule has 6 heteroatoms. The third kappa shape index (κ3) is 6.75. The molecule has 30 heavy (non-hydrogen) atoms. The molecule has 2 amide bonds. The minimum Gasteiger partial charge on any atom is -0.352 e. The Morgan fingerprint density at radius 1 is 1.03 bits per heavy atom. The molecule has 1 N–H and O–H groups in total. The number of nitrogens with one attached hydrogen (secondary N) is 1. The topological polar surface area (TPSA) is 49.4 Å². The summed E-state index contributed by atoms with van der Waals surface area (Å²) in [5.41, 5.74) is 2.92. The standard InChI is InChI=1S/C24H30Cl2N2O2/c1-5-22(24(30)27-16(2)3)28(15-19-20(25)7-6-8-21(19)26)23(29)14-13-18-11-9-17(4)10-12-18/h6-12,16,22H,5,13-15H2,1-4H3,(H,27,30)/t22-/m1/s1. The van der Waals surface area contributed by atoms with Crippen LogP contribution in [-0.4, -0.2) is 28.8 Å². The predicted octanol–water partition coefficient (Wildman–Crippen LogP) is 5.57. The summed E-state index contributed by atoms with van der Waals surface area (Å²) in [5, 5.41) is 3.89. The average Bonchev–Trinajstić information content (AvgIpc) is 2.68. The van der Waals surface area contributed by atoms with Crippen LogP contribution in [0.15, 0.2) is 42.5 Å². The second-order valence-electron chi connectivity index (χ2n) is 7.79. The van der Waals surface area contributed by atoms with E-state index in [9.17, 15) is 9.59 Å². The molecule has 0 radical (unpaired) electrons. The van der Waals surface area contributed by atoms with Crippen molar-refractivity contribution in [3.05, 3.63) is 69.2 Å². The highest BCUT2D eigenvalue weighted by Gasteiger charge is 2.29. The molecule has 2 rings (SSSR count). The zero-order chi connectivity index (χ0) is 22.3. The molecule has 0 heterocycles. The molecule has 0 spiro atoms. The van der Waals surface area contributed by atoms with Gasteiger partial charge in [0.15, 0.2) is 0 Å². The molecule has 0 aliphatic rings. The van der Waals surface area contributed by atoms with Crippen molar-refractivity contribution in [1.82, 2.24) is 10.2 Å². The van der Waals surface area contributed by atoms with Gasteiger partial charge in [0.1, 0.15) is 6.04 Å². The molecule has 4 nitrogen and oxygen atoms in total. The van der Waals surface area contributed by atoms with E-state index < -0.39 is 6.04 Å². The Bertz CT molecular complexity index is 846. The summed E-state index contributed by atoms with van der Waals surface area (Å²) in [6.07, 6.45) is 1.40. The van der Waals surface area contributed by atoms with Crippen LogP contribution in [-0.2, 0) is 22.6 Å². The van der Waals surface area contributed by atoms with Crippen LogP contribution in [0.5, 0.6) is 0 Å². The normalized spacial score (nSPS) is 12.0. The Morgan fingerprint density at radius 2 is 1.63 bits per heavy atom. The molecule has 0 aliphatic heterocycles. The van der Waals surface area contributed by atoms with Crippen molar-refractivity contribution in [1.29, 1.82) is 0 Å². The lowest BCUT2D eigenvalue weighted by molar-refractivity contribution is -0.141. The summed E-state index contributed by atoms with van der Waals surface area (Å²) in [4.78, 5) is 27.7. The van der Waals surface area contributed by atoms with Gasteiger partial charge >= 0.3 is 0 Å². The number of aryl methyl sites for hydroxylation is 2. The number of amides is 2. The lowest BCUT2D eigenvalue weighted by atomic mass is 10.0. The van der Waals surface area contributed by atoms with E-state index in [0.717, 1.165) is 5.56 Å². The van der Waals surface area contributed by atoms with Gasteiger partial charge in [0.25, 0.3) is 0 Å². The van der Waals surface area contributed by atoms with Crippen molar-refractivity contribution in [2.45, 2.75) is 65.6 Å². The first-order valence-corrected chi connectivity index (χ1v) is 11.1. The molecular formula is C24H30Cl2N2O2. The summed E-state index contributed by atoms with van der Waals surface area (Å²) >= 11 is 12.7. The SMILES string of the molecule is CC[C@H](C(=O)NC(C)C)N(Cc1c(Cl)cccc1Cl)C(=O)CCc1ccc(C)cc1. The van der Waals surface area contributed by atoms with Crippen LogP contribution in [0.3, 0.4) is 0 Å². The van der Waals surface area contributed by atoms with E-state index in [2.05, 4.69) is 5.32 Å². The summed E-state index contributed by atoms with van der Waals surface area (Å²) in [7, 11) is 0. The number of halogens is 2. The van der Waals surface area contributed by atoms with Crippen LogP contribution in [0.1, 0.15) is 50.3 Å². The van der Waals surface area contributed by atoms with Gasteiger partial charge in [0.05, 0.1) is 0 Å². The summed E-state index contributed by atoms with van der Waals surface area (Å²) in [6, 6.07) is 12.8. The molecular weight excluding hydrogens is 419 g/mol. The quantitative estimate of drug-likeness (QED) is 0.545. The van der Waals surface area contributed by atoms with Crippen molar-refractivity contribution in [2.24, 2.45) is 0 Å². The van der Waals surface area contributed by atoms with E-state index in [1.807, 2.05) is 52.0 Å². The molecule has 1 atom stereocenters. The second-order valence-corrected chi connectivity index (χ2v) is 8.61. The minimum atomic E-state index is -0.592. The molecule has 2 aromatic carbocycles. The Labute approximate surface area is 189 Å². The van der Waals surface area contributed by atoms with Crippen molar-refractivity contribution < 1.29 is 9.59 Å². The number of rotatable bonds is 9. The maximum atomic E-state index is 13.3. The van der Waals surface area contributed by atoms with Crippen molar-refractivity contribution >= 4 is 35.0 Å². The Morgan fingerprint density at radius 3 is 2.17 bits per heavy atom. The van der Waals surface area contributed by atoms with Gasteiger partial charge in [-0.2, -0.15) is 0 Å². The number of carbonyl (C=O) groups is 2. The highest BCUT2D eigenvalue weighted by Crippen LogP contribution is 2.27. The van der Waals surface area contributed by atoms with E-state index in [0.29, 0.717) is 34.9 Å². The third-order valence-electron chi connectivity index (χ3n) is 4.96. The highest BCUT2D eigenvalue weighted by atomic mass is 35.5. The van der Waals surface area contributed by atoms with E-state index in [1.54, 1.807) is 23.1 Å². The maximum Gasteiger partial charge on any atom is 0.243 e. The number of nitrogens with zero attached hydrogens (tertiary/aromatic N) is 1. The summed E-state index contributed by atoms with van der Waals surface area (Å²) in [5.74, 6) is -0.267. The lowest BCUT2D eigenvalue weighted by Crippen LogP contribution is -2.50. The van der Waals surface area contributed by atoms with E-state index >= 15 is 0 Å². The van der Waals surface area contributed by atoms with Crippen LogP contribution in [0.4, 0.5) is 0 Å². The molecule has 0 bridgehead atoms. The number of carbonyl (C=O) groups excluding carboxylic acids is 2. The Kier molecular flexibility index (Phi) is 9.19. The highest BCUT2D eigenvalue weighted by molar-refractivity contribution is 6.36. The fourth-order valence-electron chi connectivity index (χ4n) is 3.30. The Balaban J connectivity index is 2.27. The zero-order valence-corrected chi connectivity index (χ0v) is 19.6. The molecule has 0 saturated heterocycles. The van der Waals surface area contributed by atoms with Gasteiger partial charge in [-0.1, -0.05) is 66.0 Å². The van der Waals surface area contributed by atoms with Gasteiger partial charge in [0, 0.05) is 34.6 Å². The molecule has 0 saturated carbocycles. The molecule has 0 aliphatic carbocycles. The first-order chi connectivity index (χ1) is 14.2. The van der Waals surface area contributed by atoms with Crippen LogP contribution >= 0.6 is 23.2 Å². The van der Waals surface area contributed by atoms with Crippen molar-refractivity contribution in [2.75, 3.05) is 0 Å². The first kappa shape index (κ1) is 24.2. The largest absolute Gasteiger partial charge is 0.352 e. The lowest BCUT2D eigenvalue weighted by Gasteiger charge is -2.31. The molecule has 2 aromatic rings. The van der Waals surface area contributed by atoms with Crippen LogP contribution in [0.25, 0.3) is 0 Å². The van der Waals surface area contributed by atoms with Gasteiger partial charge in [-0.15, -0.1) is 0 Å². The van der Waals surface area contributed by atoms with Crippen molar-refractivity contribution in [3.8, 4) is 0 Å². The molecule has 162 valence electrons. The van der Waals surface area contributed by atoms with Crippen LogP contribution in [0, 0.1) is 6.92 Å². The van der Waals surface area contributed by atoms with Crippen LogP contribution < -0.4 is 5.32 Å². The molecule has 0 unspecified atom stereocenters. The van der Waals surface area contributed by atoms with E-state index in [-0.39, 0.29) is 24.4 Å². The number of benzene rings is 2. The second kappa shape index (κ2) is 11.4. The number of hydrogen-bond donors (Lipinski definition) is 1. The fraction of sp³-hybridized carbons (Fsp3) is 0.417. The van der Waals surface area contributed by atoms with E-state index in [1.165, 1.54) is 5.56 Å². The average molecular weight is 449 g/mol. The van der Waals surface area contributed by atoms with Gasteiger partial charge in [-0.3, -0.25) is 9.59 Å². The molecule has 0 aromatic heterocycles.